The van der Waals surface area contributed by atoms with Crippen LogP contribution in [0.2, 0.25) is 0 Å². The molecule has 0 saturated heterocycles. The normalized spacial score (nSPS) is 11.4. The molecule has 1 radical (unpaired) electrons. The molecule has 0 saturated carbocycles. The lowest BCUT2D eigenvalue weighted by Crippen LogP contribution is -2.09. The van der Waals surface area contributed by atoms with Crippen molar-refractivity contribution in [1.82, 2.24) is 0 Å². The number of alkyl halides is 3. The molecular weight excluding hydrogens is 449 g/mol. The molecule has 2 aromatic carbocycles. The van der Waals surface area contributed by atoms with Crippen molar-refractivity contribution in [2.24, 2.45) is 0 Å². The standard InChI is InChI=1S/C26H28F3O5/c1-2-3-5-19-33-24(30)16-9-20-7-12-23(13-8-20)34-25(31)21-10-14-22(15-11-21)32-18-6-4-17-26(27,28)29/h7-16H,1-6,17-19H2/b16-9+. The monoisotopic (exact) mass is 477 g/mol. The number of esters is 2. The van der Waals surface area contributed by atoms with Gasteiger partial charge in [-0.1, -0.05) is 31.9 Å². The predicted octanol–water partition coefficient (Wildman–Crippen LogP) is 6.58. The highest BCUT2D eigenvalue weighted by atomic mass is 19.4. The Morgan fingerprint density at radius 3 is 2.15 bits per heavy atom. The van der Waals surface area contributed by atoms with Crippen molar-refractivity contribution in [3.8, 4) is 11.5 Å². The van der Waals surface area contributed by atoms with Crippen molar-refractivity contribution in [3.05, 3.63) is 72.7 Å². The summed E-state index contributed by atoms with van der Waals surface area (Å²) in [5, 5.41) is 0. The maximum absolute atomic E-state index is 12.3. The molecule has 2 aromatic rings. The van der Waals surface area contributed by atoms with E-state index in [1.807, 2.05) is 0 Å². The van der Waals surface area contributed by atoms with Gasteiger partial charge in [-0.3, -0.25) is 0 Å². The van der Waals surface area contributed by atoms with Crippen molar-refractivity contribution >= 4 is 18.0 Å². The third-order valence-electron chi connectivity index (χ3n) is 4.60. The zero-order valence-electron chi connectivity index (χ0n) is 18.8. The average molecular weight is 477 g/mol. The van der Waals surface area contributed by atoms with Gasteiger partial charge in [-0.15, -0.1) is 0 Å². The van der Waals surface area contributed by atoms with Gasteiger partial charge in [0.2, 0.25) is 0 Å². The minimum Gasteiger partial charge on any atom is -0.494 e. The quantitative estimate of drug-likeness (QED) is 0.141. The van der Waals surface area contributed by atoms with Crippen LogP contribution in [0.5, 0.6) is 11.5 Å². The third-order valence-corrected chi connectivity index (χ3v) is 4.60. The van der Waals surface area contributed by atoms with Crippen LogP contribution in [0.4, 0.5) is 13.2 Å². The topological polar surface area (TPSA) is 61.8 Å². The fraction of sp³-hybridized carbons (Fsp3) is 0.346. The van der Waals surface area contributed by atoms with Gasteiger partial charge < -0.3 is 14.2 Å². The lowest BCUT2D eigenvalue weighted by atomic mass is 10.2. The molecule has 0 aliphatic carbocycles. The van der Waals surface area contributed by atoms with Crippen LogP contribution >= 0.6 is 0 Å². The van der Waals surface area contributed by atoms with Gasteiger partial charge >= 0.3 is 18.1 Å². The molecule has 0 aliphatic heterocycles. The fourth-order valence-electron chi connectivity index (χ4n) is 2.78. The number of carbonyl (C=O) groups is 2. The molecule has 0 spiro atoms. The van der Waals surface area contributed by atoms with Crippen LogP contribution in [0.1, 0.15) is 54.4 Å². The molecule has 0 bridgehead atoms. The van der Waals surface area contributed by atoms with E-state index in [0.717, 1.165) is 24.8 Å². The summed E-state index contributed by atoms with van der Waals surface area (Å²) >= 11 is 0. The number of halogens is 3. The van der Waals surface area contributed by atoms with Gasteiger partial charge in [0, 0.05) is 12.5 Å². The molecule has 0 amide bonds. The summed E-state index contributed by atoms with van der Waals surface area (Å²) in [6.07, 6.45) is 0.745. The second-order valence-corrected chi connectivity index (χ2v) is 7.47. The van der Waals surface area contributed by atoms with Gasteiger partial charge in [0.05, 0.1) is 18.8 Å². The van der Waals surface area contributed by atoms with E-state index in [9.17, 15) is 22.8 Å². The van der Waals surface area contributed by atoms with Crippen molar-refractivity contribution in [1.29, 1.82) is 0 Å². The number of benzene rings is 2. The van der Waals surface area contributed by atoms with E-state index in [-0.39, 0.29) is 19.4 Å². The average Bonchev–Trinajstić information content (AvgIpc) is 2.81. The van der Waals surface area contributed by atoms with E-state index < -0.39 is 24.5 Å². The Kier molecular flexibility index (Phi) is 11.2. The molecule has 0 aliphatic rings. The van der Waals surface area contributed by atoms with Gasteiger partial charge in [-0.25, -0.2) is 9.59 Å². The summed E-state index contributed by atoms with van der Waals surface area (Å²) in [5.74, 6) is -0.192. The molecule has 0 aromatic heterocycles. The first kappa shape index (κ1) is 27.0. The number of carbonyl (C=O) groups excluding carboxylic acids is 2. The van der Waals surface area contributed by atoms with Crippen LogP contribution in [-0.2, 0) is 9.53 Å². The van der Waals surface area contributed by atoms with Crippen LogP contribution in [0.3, 0.4) is 0 Å². The van der Waals surface area contributed by atoms with E-state index in [1.54, 1.807) is 42.5 Å². The predicted molar refractivity (Wildman–Crippen MR) is 122 cm³/mol. The van der Waals surface area contributed by atoms with Crippen molar-refractivity contribution in [2.75, 3.05) is 13.2 Å². The Balaban J connectivity index is 1.76. The molecule has 0 N–H and O–H groups in total. The Labute approximate surface area is 197 Å². The largest absolute Gasteiger partial charge is 0.494 e. The summed E-state index contributed by atoms with van der Waals surface area (Å²) in [5.41, 5.74) is 1.04. The van der Waals surface area contributed by atoms with Gasteiger partial charge in [0.25, 0.3) is 0 Å². The first-order valence-corrected chi connectivity index (χ1v) is 11.0. The van der Waals surface area contributed by atoms with Crippen LogP contribution in [-0.4, -0.2) is 31.3 Å². The van der Waals surface area contributed by atoms with Gasteiger partial charge in [-0.05, 0) is 67.3 Å². The van der Waals surface area contributed by atoms with E-state index in [0.29, 0.717) is 23.7 Å². The number of unbranched alkanes of at least 4 members (excludes halogenated alkanes) is 3. The van der Waals surface area contributed by atoms with Crippen molar-refractivity contribution in [2.45, 2.75) is 44.7 Å². The lowest BCUT2D eigenvalue weighted by molar-refractivity contribution is -0.138. The minimum atomic E-state index is -4.15. The summed E-state index contributed by atoms with van der Waals surface area (Å²) in [4.78, 5) is 24.0. The first-order valence-electron chi connectivity index (χ1n) is 11.0. The number of rotatable bonds is 13. The van der Waals surface area contributed by atoms with Gasteiger partial charge in [0.1, 0.15) is 11.5 Å². The molecule has 34 heavy (non-hydrogen) atoms. The van der Waals surface area contributed by atoms with E-state index >= 15 is 0 Å². The molecule has 2 rings (SSSR count). The zero-order valence-corrected chi connectivity index (χ0v) is 18.8. The zero-order chi connectivity index (χ0) is 24.8. The lowest BCUT2D eigenvalue weighted by Gasteiger charge is -2.09. The van der Waals surface area contributed by atoms with Crippen LogP contribution in [0.15, 0.2) is 54.6 Å². The Bertz CT molecular complexity index is 919. The summed E-state index contributed by atoms with van der Waals surface area (Å²) in [6.45, 7) is 4.25. The molecule has 8 heteroatoms. The molecule has 0 fully saturated rings. The second-order valence-electron chi connectivity index (χ2n) is 7.47. The SMILES string of the molecule is [CH2]CCCCOC(=O)/C=C/c1ccc(OC(=O)c2ccc(OCCCCC(F)(F)F)cc2)cc1. The Morgan fingerprint density at radius 2 is 1.50 bits per heavy atom. The van der Waals surface area contributed by atoms with Crippen molar-refractivity contribution < 1.29 is 37.0 Å². The van der Waals surface area contributed by atoms with E-state index in [4.69, 9.17) is 14.2 Å². The smallest absolute Gasteiger partial charge is 0.389 e. The summed E-state index contributed by atoms with van der Waals surface area (Å²) in [7, 11) is 0. The molecule has 0 atom stereocenters. The summed E-state index contributed by atoms with van der Waals surface area (Å²) in [6, 6.07) is 12.8. The highest BCUT2D eigenvalue weighted by Gasteiger charge is 2.25. The highest BCUT2D eigenvalue weighted by molar-refractivity contribution is 5.91. The first-order chi connectivity index (χ1) is 16.3. The minimum absolute atomic E-state index is 0.00369. The second kappa shape index (κ2) is 14.1. The van der Waals surface area contributed by atoms with Gasteiger partial charge in [0.15, 0.2) is 0 Å². The molecule has 183 valence electrons. The fourth-order valence-corrected chi connectivity index (χ4v) is 2.78. The van der Waals surface area contributed by atoms with E-state index in [2.05, 4.69) is 6.92 Å². The van der Waals surface area contributed by atoms with Crippen LogP contribution < -0.4 is 9.47 Å². The van der Waals surface area contributed by atoms with Crippen LogP contribution in [0, 0.1) is 6.92 Å². The third kappa shape index (κ3) is 11.0. The van der Waals surface area contributed by atoms with Crippen LogP contribution in [0.25, 0.3) is 6.08 Å². The maximum Gasteiger partial charge on any atom is 0.389 e. The molecule has 0 heterocycles. The molecule has 0 unspecified atom stereocenters. The number of hydrogen-bond acceptors (Lipinski definition) is 5. The number of ether oxygens (including phenoxy) is 3. The van der Waals surface area contributed by atoms with Crippen molar-refractivity contribution in [3.63, 3.8) is 0 Å². The molecular formula is C26H28F3O5. The highest BCUT2D eigenvalue weighted by Crippen LogP contribution is 2.22. The maximum atomic E-state index is 12.3. The van der Waals surface area contributed by atoms with E-state index in [1.165, 1.54) is 18.2 Å². The van der Waals surface area contributed by atoms with Gasteiger partial charge in [-0.2, -0.15) is 13.2 Å². The Morgan fingerprint density at radius 1 is 0.853 bits per heavy atom. The summed E-state index contributed by atoms with van der Waals surface area (Å²) < 4.78 is 52.2. The Hall–Kier alpha value is -3.29. The molecule has 5 nitrogen and oxygen atoms in total. The number of hydrogen-bond donors (Lipinski definition) is 0.